The molecule has 3 nitrogen and oxygen atoms in total. The second-order valence-corrected chi connectivity index (χ2v) is 5.91. The van der Waals surface area contributed by atoms with Crippen LogP contribution in [0.2, 0.25) is 0 Å². The Balaban J connectivity index is 2.03. The lowest BCUT2D eigenvalue weighted by molar-refractivity contribution is -0.141. The van der Waals surface area contributed by atoms with Crippen LogP contribution in [0.5, 0.6) is 0 Å². The van der Waals surface area contributed by atoms with E-state index in [1.54, 1.807) is 6.20 Å². The smallest absolute Gasteiger partial charge is 0.109 e. The lowest BCUT2D eigenvalue weighted by atomic mass is 9.77. The molecule has 1 aliphatic rings. The highest BCUT2D eigenvalue weighted by atomic mass is 16.5. The third kappa shape index (κ3) is 2.68. The average Bonchev–Trinajstić information content (AvgIpc) is 2.55. The van der Waals surface area contributed by atoms with E-state index in [-0.39, 0.29) is 0 Å². The molecule has 112 valence electrons. The molecule has 0 amide bonds. The van der Waals surface area contributed by atoms with Gasteiger partial charge in [0.15, 0.2) is 0 Å². The van der Waals surface area contributed by atoms with E-state index < -0.39 is 11.7 Å². The van der Waals surface area contributed by atoms with Crippen molar-refractivity contribution in [1.82, 2.24) is 4.98 Å². The number of fused-ring (bicyclic) bond motifs is 1. The Bertz CT molecular complexity index is 594. The van der Waals surface area contributed by atoms with Crippen LogP contribution in [0.25, 0.3) is 10.8 Å². The van der Waals surface area contributed by atoms with Crippen LogP contribution in [0.1, 0.15) is 50.7 Å². The first-order valence-corrected chi connectivity index (χ1v) is 7.91. The van der Waals surface area contributed by atoms with Crippen molar-refractivity contribution in [2.45, 2.75) is 50.7 Å². The summed E-state index contributed by atoms with van der Waals surface area (Å²) < 4.78 is 6.07. The number of nitrogens with zero attached hydrogens (tertiary/aromatic N) is 1. The number of pyridine rings is 1. The molecular weight excluding hydrogens is 262 g/mol. The molecular formula is C18H23NO2. The number of hydrogen-bond acceptors (Lipinski definition) is 3. The van der Waals surface area contributed by atoms with Crippen LogP contribution in [0, 0.1) is 0 Å². The molecule has 0 radical (unpaired) electrons. The zero-order valence-electron chi connectivity index (χ0n) is 12.6. The third-order valence-electron chi connectivity index (χ3n) is 4.64. The van der Waals surface area contributed by atoms with Gasteiger partial charge < -0.3 is 9.84 Å². The lowest BCUT2D eigenvalue weighted by Crippen LogP contribution is -2.41. The predicted molar refractivity (Wildman–Crippen MR) is 84.1 cm³/mol. The molecule has 0 bridgehead atoms. The van der Waals surface area contributed by atoms with Crippen molar-refractivity contribution in [1.29, 1.82) is 0 Å². The molecule has 1 unspecified atom stereocenters. The minimum Gasteiger partial charge on any atom is -0.385 e. The van der Waals surface area contributed by atoms with Crippen LogP contribution in [0.3, 0.4) is 0 Å². The van der Waals surface area contributed by atoms with Gasteiger partial charge in [0.05, 0.1) is 5.60 Å². The first-order valence-electron chi connectivity index (χ1n) is 7.91. The standard InChI is InChI=1S/C18H23NO2/c1-2-21-18(10-4-3-5-11-18)17(20)16-8-6-7-14-13-19-12-9-15(14)16/h6-9,12-13,17,20H,2-5,10-11H2,1H3. The summed E-state index contributed by atoms with van der Waals surface area (Å²) in [6, 6.07) is 8.02. The first-order chi connectivity index (χ1) is 10.3. The molecule has 1 heterocycles. The van der Waals surface area contributed by atoms with Gasteiger partial charge in [-0.15, -0.1) is 0 Å². The monoisotopic (exact) mass is 285 g/mol. The van der Waals surface area contributed by atoms with Gasteiger partial charge in [-0.05, 0) is 36.8 Å². The molecule has 21 heavy (non-hydrogen) atoms. The summed E-state index contributed by atoms with van der Waals surface area (Å²) in [5.74, 6) is 0. The fourth-order valence-electron chi connectivity index (χ4n) is 3.60. The van der Waals surface area contributed by atoms with E-state index >= 15 is 0 Å². The molecule has 2 aromatic rings. The summed E-state index contributed by atoms with van der Waals surface area (Å²) in [5.41, 5.74) is 0.537. The maximum absolute atomic E-state index is 11.1. The van der Waals surface area contributed by atoms with Crippen molar-refractivity contribution < 1.29 is 9.84 Å². The van der Waals surface area contributed by atoms with Crippen molar-refractivity contribution in [3.63, 3.8) is 0 Å². The van der Waals surface area contributed by atoms with Crippen molar-refractivity contribution in [2.24, 2.45) is 0 Å². The quantitative estimate of drug-likeness (QED) is 0.923. The zero-order valence-corrected chi connectivity index (χ0v) is 12.6. The minimum atomic E-state index is -0.580. The number of aromatic nitrogens is 1. The third-order valence-corrected chi connectivity index (χ3v) is 4.64. The zero-order chi connectivity index (χ0) is 14.7. The predicted octanol–water partition coefficient (Wildman–Crippen LogP) is 4.01. The SMILES string of the molecule is CCOC1(C(O)c2cccc3cnccc23)CCCCC1. The average molecular weight is 285 g/mol. The number of aliphatic hydroxyl groups excluding tert-OH is 1. The summed E-state index contributed by atoms with van der Waals surface area (Å²) in [6.07, 6.45) is 8.41. The highest BCUT2D eigenvalue weighted by Gasteiger charge is 2.41. The number of aliphatic hydroxyl groups is 1. The maximum Gasteiger partial charge on any atom is 0.109 e. The van der Waals surface area contributed by atoms with E-state index in [4.69, 9.17) is 4.74 Å². The van der Waals surface area contributed by atoms with Gasteiger partial charge in [-0.1, -0.05) is 37.5 Å². The second-order valence-electron chi connectivity index (χ2n) is 5.91. The molecule has 1 atom stereocenters. The Labute approximate surface area is 126 Å². The minimum absolute atomic E-state index is 0.426. The van der Waals surface area contributed by atoms with Crippen molar-refractivity contribution >= 4 is 10.8 Å². The molecule has 0 spiro atoms. The number of ether oxygens (including phenoxy) is 1. The van der Waals surface area contributed by atoms with E-state index in [2.05, 4.69) is 4.98 Å². The molecule has 1 aliphatic carbocycles. The van der Waals surface area contributed by atoms with Gasteiger partial charge in [0.2, 0.25) is 0 Å². The van der Waals surface area contributed by atoms with Gasteiger partial charge in [0, 0.05) is 24.4 Å². The van der Waals surface area contributed by atoms with Gasteiger partial charge in [-0.3, -0.25) is 4.98 Å². The normalized spacial score (nSPS) is 19.5. The van der Waals surface area contributed by atoms with Crippen LogP contribution >= 0.6 is 0 Å². The molecule has 3 heteroatoms. The molecule has 1 fully saturated rings. The van der Waals surface area contributed by atoms with Crippen LogP contribution in [-0.2, 0) is 4.74 Å². The molecule has 1 saturated carbocycles. The molecule has 0 aliphatic heterocycles. The van der Waals surface area contributed by atoms with Gasteiger partial charge >= 0.3 is 0 Å². The topological polar surface area (TPSA) is 42.4 Å². The molecule has 1 aromatic heterocycles. The van der Waals surface area contributed by atoms with Crippen LogP contribution < -0.4 is 0 Å². The summed E-state index contributed by atoms with van der Waals surface area (Å²) in [4.78, 5) is 4.17. The Morgan fingerprint density at radius 2 is 2.05 bits per heavy atom. The summed E-state index contributed by atoms with van der Waals surface area (Å²) in [6.45, 7) is 2.65. The fourth-order valence-corrected chi connectivity index (χ4v) is 3.60. The Morgan fingerprint density at radius 3 is 2.81 bits per heavy atom. The Kier molecular flexibility index (Phi) is 4.22. The highest BCUT2D eigenvalue weighted by Crippen LogP contribution is 2.43. The fraction of sp³-hybridized carbons (Fsp3) is 0.500. The summed E-state index contributed by atoms with van der Waals surface area (Å²) in [7, 11) is 0. The maximum atomic E-state index is 11.1. The largest absolute Gasteiger partial charge is 0.385 e. The van der Waals surface area contributed by atoms with E-state index in [9.17, 15) is 5.11 Å². The number of rotatable bonds is 4. The second kappa shape index (κ2) is 6.12. The van der Waals surface area contributed by atoms with Crippen LogP contribution in [0.4, 0.5) is 0 Å². The molecule has 1 N–H and O–H groups in total. The Morgan fingerprint density at radius 1 is 1.24 bits per heavy atom. The van der Waals surface area contributed by atoms with Crippen LogP contribution in [0.15, 0.2) is 36.7 Å². The van der Waals surface area contributed by atoms with Crippen molar-refractivity contribution in [2.75, 3.05) is 6.61 Å². The highest BCUT2D eigenvalue weighted by molar-refractivity contribution is 5.85. The number of benzene rings is 1. The van der Waals surface area contributed by atoms with Gasteiger partial charge in [0.1, 0.15) is 6.10 Å². The lowest BCUT2D eigenvalue weighted by Gasteiger charge is -2.41. The molecule has 3 rings (SSSR count). The van der Waals surface area contributed by atoms with E-state index in [0.29, 0.717) is 6.61 Å². The molecule has 0 saturated heterocycles. The van der Waals surface area contributed by atoms with Crippen molar-refractivity contribution in [3.8, 4) is 0 Å². The summed E-state index contributed by atoms with van der Waals surface area (Å²) in [5, 5.41) is 13.2. The first kappa shape index (κ1) is 14.5. The molecule has 1 aromatic carbocycles. The van der Waals surface area contributed by atoms with Gasteiger partial charge in [0.25, 0.3) is 0 Å². The van der Waals surface area contributed by atoms with E-state index in [1.165, 1.54) is 6.42 Å². The summed E-state index contributed by atoms with van der Waals surface area (Å²) >= 11 is 0. The van der Waals surface area contributed by atoms with E-state index in [1.807, 2.05) is 37.4 Å². The van der Waals surface area contributed by atoms with Gasteiger partial charge in [-0.2, -0.15) is 0 Å². The number of hydrogen-bond donors (Lipinski definition) is 1. The van der Waals surface area contributed by atoms with Crippen molar-refractivity contribution in [3.05, 3.63) is 42.2 Å². The Hall–Kier alpha value is -1.45. The van der Waals surface area contributed by atoms with Crippen LogP contribution in [-0.4, -0.2) is 22.3 Å². The van der Waals surface area contributed by atoms with E-state index in [0.717, 1.165) is 42.0 Å². The van der Waals surface area contributed by atoms with Gasteiger partial charge in [-0.25, -0.2) is 0 Å².